The molecule has 0 amide bonds. The molecule has 0 aliphatic carbocycles. The largest absolute Gasteiger partial charge is 0.503 e. The van der Waals surface area contributed by atoms with Crippen molar-refractivity contribution in [2.45, 2.75) is 12.5 Å². The van der Waals surface area contributed by atoms with E-state index in [4.69, 9.17) is 14.2 Å². The molecule has 1 aliphatic rings. The van der Waals surface area contributed by atoms with Crippen molar-refractivity contribution < 1.29 is 29.2 Å². The number of carboxylic acids is 1. The Hall–Kier alpha value is -1.84. The van der Waals surface area contributed by atoms with E-state index in [1.54, 1.807) is 7.11 Å². The van der Waals surface area contributed by atoms with Gasteiger partial charge in [-0.15, -0.1) is 11.8 Å². The number of aromatic nitrogens is 1. The number of pyridine rings is 1. The lowest BCUT2D eigenvalue weighted by Gasteiger charge is -2.12. The molecule has 0 bridgehead atoms. The number of nitrogens with zero attached hydrogens (tertiary/aromatic N) is 2. The first-order valence-corrected chi connectivity index (χ1v) is 8.30. The number of aromatic hydroxyl groups is 1. The van der Waals surface area contributed by atoms with Gasteiger partial charge in [0.2, 0.25) is 0 Å². The van der Waals surface area contributed by atoms with Crippen LogP contribution >= 0.6 is 11.8 Å². The van der Waals surface area contributed by atoms with Crippen molar-refractivity contribution in [3.8, 4) is 11.5 Å². The number of aliphatic imine (C=N–C) groups is 1. The fourth-order valence-corrected chi connectivity index (χ4v) is 3.05. The lowest BCUT2D eigenvalue weighted by molar-refractivity contribution is -0.141. The van der Waals surface area contributed by atoms with E-state index in [1.165, 1.54) is 30.9 Å². The minimum absolute atomic E-state index is 0.157. The van der Waals surface area contributed by atoms with Crippen LogP contribution in [0.15, 0.2) is 17.3 Å². The van der Waals surface area contributed by atoms with E-state index >= 15 is 0 Å². The van der Waals surface area contributed by atoms with Gasteiger partial charge < -0.3 is 24.4 Å². The molecule has 0 fully saturated rings. The minimum atomic E-state index is -1.21. The molecule has 2 rings (SSSR count). The van der Waals surface area contributed by atoms with E-state index in [1.807, 2.05) is 0 Å². The van der Waals surface area contributed by atoms with Crippen LogP contribution < -0.4 is 4.74 Å². The quantitative estimate of drug-likeness (QED) is 0.634. The second-order valence-electron chi connectivity index (χ2n) is 5.24. The summed E-state index contributed by atoms with van der Waals surface area (Å²) in [6.45, 7) is 3.11. The number of carboxylic acid groups (broad SMARTS) is 1. The zero-order valence-corrected chi connectivity index (χ0v) is 14.3. The summed E-state index contributed by atoms with van der Waals surface area (Å²) in [6.07, 6.45) is 1.48. The highest BCUT2D eigenvalue weighted by Crippen LogP contribution is 2.36. The van der Waals surface area contributed by atoms with Crippen molar-refractivity contribution in [2.24, 2.45) is 4.99 Å². The van der Waals surface area contributed by atoms with E-state index in [0.29, 0.717) is 24.9 Å². The number of ether oxygens (including phenoxy) is 3. The number of hydrogen-bond acceptors (Lipinski definition) is 8. The standard InChI is InChI=1S/C15H20N2O6S/c1-15(14(19)20)9-24-13(17-15)11-12(18)10(3-4-16-11)23-8-7-22-6-5-21-2/h3-4,18H,5-9H2,1-2H3,(H,19,20)/t15-/m1/s1. The zero-order chi connectivity index (χ0) is 17.6. The van der Waals surface area contributed by atoms with Crippen LogP contribution in [0.25, 0.3) is 0 Å². The van der Waals surface area contributed by atoms with Crippen LogP contribution in [0.4, 0.5) is 0 Å². The van der Waals surface area contributed by atoms with Gasteiger partial charge >= 0.3 is 5.97 Å². The van der Waals surface area contributed by atoms with Gasteiger partial charge in [-0.05, 0) is 6.92 Å². The van der Waals surface area contributed by atoms with Gasteiger partial charge in [-0.1, -0.05) is 0 Å². The molecule has 0 saturated carbocycles. The number of methoxy groups -OCH3 is 1. The van der Waals surface area contributed by atoms with E-state index in [0.717, 1.165) is 0 Å². The Balaban J connectivity index is 2.02. The van der Waals surface area contributed by atoms with E-state index in [2.05, 4.69) is 9.98 Å². The van der Waals surface area contributed by atoms with Crippen LogP contribution in [0.3, 0.4) is 0 Å². The highest BCUT2D eigenvalue weighted by atomic mass is 32.2. The molecule has 0 aromatic carbocycles. The van der Waals surface area contributed by atoms with Crippen molar-refractivity contribution in [1.82, 2.24) is 4.98 Å². The Morgan fingerprint density at radius 2 is 2.12 bits per heavy atom. The third-order valence-corrected chi connectivity index (χ3v) is 4.57. The summed E-state index contributed by atoms with van der Waals surface area (Å²) in [5, 5.41) is 19.9. The summed E-state index contributed by atoms with van der Waals surface area (Å²) in [4.78, 5) is 19.5. The van der Waals surface area contributed by atoms with E-state index in [-0.39, 0.29) is 29.6 Å². The molecule has 9 heteroatoms. The number of thioether (sulfide) groups is 1. The summed E-state index contributed by atoms with van der Waals surface area (Å²) in [7, 11) is 1.59. The first kappa shape index (κ1) is 18.5. The number of rotatable bonds is 9. The maximum atomic E-state index is 11.3. The molecular formula is C15H20N2O6S. The predicted molar refractivity (Wildman–Crippen MR) is 89.1 cm³/mol. The molecule has 1 aromatic heterocycles. The highest BCUT2D eigenvalue weighted by Gasteiger charge is 2.39. The Morgan fingerprint density at radius 1 is 1.38 bits per heavy atom. The van der Waals surface area contributed by atoms with Gasteiger partial charge in [0, 0.05) is 25.1 Å². The lowest BCUT2D eigenvalue weighted by atomic mass is 10.1. The van der Waals surface area contributed by atoms with Gasteiger partial charge in [0.25, 0.3) is 0 Å². The number of carbonyl (C=O) groups is 1. The second kappa shape index (κ2) is 8.32. The zero-order valence-electron chi connectivity index (χ0n) is 13.5. The van der Waals surface area contributed by atoms with Crippen LogP contribution in [0.5, 0.6) is 11.5 Å². The Labute approximate surface area is 143 Å². The molecule has 0 spiro atoms. The summed E-state index contributed by atoms with van der Waals surface area (Å²) in [5.74, 6) is -0.625. The topological polar surface area (TPSA) is 110 Å². The number of aliphatic carboxylic acids is 1. The molecule has 24 heavy (non-hydrogen) atoms. The molecular weight excluding hydrogens is 336 g/mol. The summed E-state index contributed by atoms with van der Waals surface area (Å²) in [6, 6.07) is 1.53. The van der Waals surface area contributed by atoms with Crippen LogP contribution in [-0.2, 0) is 14.3 Å². The van der Waals surface area contributed by atoms with Gasteiger partial charge in [0.15, 0.2) is 17.0 Å². The molecule has 2 N–H and O–H groups in total. The highest BCUT2D eigenvalue weighted by molar-refractivity contribution is 8.14. The molecule has 0 unspecified atom stereocenters. The molecule has 0 saturated heterocycles. The third kappa shape index (κ3) is 4.37. The average Bonchev–Trinajstić information content (AvgIpc) is 2.96. The Morgan fingerprint density at radius 3 is 2.79 bits per heavy atom. The van der Waals surface area contributed by atoms with Crippen molar-refractivity contribution in [1.29, 1.82) is 0 Å². The van der Waals surface area contributed by atoms with Gasteiger partial charge in [0.05, 0.1) is 19.8 Å². The maximum absolute atomic E-state index is 11.3. The molecule has 1 atom stereocenters. The average molecular weight is 356 g/mol. The molecule has 1 aliphatic heterocycles. The molecule has 8 nitrogen and oxygen atoms in total. The van der Waals surface area contributed by atoms with Crippen molar-refractivity contribution in [3.05, 3.63) is 18.0 Å². The SMILES string of the molecule is COCCOCCOc1ccnc(C2=N[C@@](C)(C(=O)O)CS2)c1O. The first-order valence-electron chi connectivity index (χ1n) is 7.32. The summed E-state index contributed by atoms with van der Waals surface area (Å²) in [5.41, 5.74) is -0.983. The first-order chi connectivity index (χ1) is 11.5. The summed E-state index contributed by atoms with van der Waals surface area (Å²) < 4.78 is 15.6. The van der Waals surface area contributed by atoms with Crippen molar-refractivity contribution in [3.63, 3.8) is 0 Å². The van der Waals surface area contributed by atoms with Gasteiger partial charge in [-0.3, -0.25) is 4.99 Å². The maximum Gasteiger partial charge on any atom is 0.332 e. The number of hydrogen-bond donors (Lipinski definition) is 2. The lowest BCUT2D eigenvalue weighted by Crippen LogP contribution is -2.33. The van der Waals surface area contributed by atoms with Crippen molar-refractivity contribution >= 4 is 22.8 Å². The van der Waals surface area contributed by atoms with Crippen LogP contribution in [0.1, 0.15) is 12.6 Å². The molecule has 132 valence electrons. The molecule has 2 heterocycles. The van der Waals surface area contributed by atoms with Gasteiger partial charge in [0.1, 0.15) is 17.3 Å². The van der Waals surface area contributed by atoms with Crippen LogP contribution in [0, 0.1) is 0 Å². The van der Waals surface area contributed by atoms with Gasteiger partial charge in [-0.2, -0.15) is 0 Å². The van der Waals surface area contributed by atoms with E-state index < -0.39 is 11.5 Å². The third-order valence-electron chi connectivity index (χ3n) is 3.31. The smallest absolute Gasteiger partial charge is 0.332 e. The normalized spacial score (nSPS) is 20.0. The van der Waals surface area contributed by atoms with Crippen LogP contribution in [0.2, 0.25) is 0 Å². The van der Waals surface area contributed by atoms with Crippen molar-refractivity contribution in [2.75, 3.05) is 39.3 Å². The van der Waals surface area contributed by atoms with Crippen LogP contribution in [-0.4, -0.2) is 71.0 Å². The minimum Gasteiger partial charge on any atom is -0.503 e. The predicted octanol–water partition coefficient (Wildman–Crippen LogP) is 1.17. The fraction of sp³-hybridized carbons (Fsp3) is 0.533. The Bertz CT molecular complexity index is 624. The second-order valence-corrected chi connectivity index (χ2v) is 6.21. The molecule has 0 radical (unpaired) electrons. The van der Waals surface area contributed by atoms with Gasteiger partial charge in [-0.25, -0.2) is 9.78 Å². The summed E-state index contributed by atoms with van der Waals surface area (Å²) >= 11 is 1.24. The fourth-order valence-electron chi connectivity index (χ4n) is 1.89. The molecule has 1 aromatic rings. The Kier molecular flexibility index (Phi) is 6.41. The van der Waals surface area contributed by atoms with E-state index in [9.17, 15) is 15.0 Å². The monoisotopic (exact) mass is 356 g/mol.